The number of hydrogen-bond donors (Lipinski definition) is 0. The van der Waals surface area contributed by atoms with Crippen LogP contribution < -0.4 is 0 Å². The summed E-state index contributed by atoms with van der Waals surface area (Å²) in [6.45, 7) is 2.42. The molecule has 0 spiro atoms. The molecule has 1 aromatic carbocycles. The first kappa shape index (κ1) is 13.1. The van der Waals surface area contributed by atoms with Crippen molar-refractivity contribution in [1.29, 1.82) is 0 Å². The standard InChI is InChI=1S/C11H14BrNO3/c1-8-4-3-5-11(13(14)15)10(8)6-9(12)7-16-2/h3-5,9H,6-7H2,1-2H3. The third-order valence-electron chi connectivity index (χ3n) is 2.36. The van der Waals surface area contributed by atoms with E-state index in [2.05, 4.69) is 15.9 Å². The van der Waals surface area contributed by atoms with Crippen molar-refractivity contribution >= 4 is 21.6 Å². The van der Waals surface area contributed by atoms with E-state index in [1.54, 1.807) is 13.2 Å². The summed E-state index contributed by atoms with van der Waals surface area (Å²) >= 11 is 3.44. The summed E-state index contributed by atoms with van der Waals surface area (Å²) < 4.78 is 5.00. The molecule has 0 saturated carbocycles. The van der Waals surface area contributed by atoms with Crippen LogP contribution in [0.5, 0.6) is 0 Å². The Morgan fingerprint density at radius 1 is 1.56 bits per heavy atom. The SMILES string of the molecule is COCC(Br)Cc1c(C)cccc1[N+](=O)[O-]. The molecule has 0 bridgehead atoms. The molecule has 4 nitrogen and oxygen atoms in total. The Hall–Kier alpha value is -0.940. The van der Waals surface area contributed by atoms with Gasteiger partial charge in [-0.2, -0.15) is 0 Å². The minimum absolute atomic E-state index is 0.0947. The molecule has 0 amide bonds. The van der Waals surface area contributed by atoms with E-state index < -0.39 is 0 Å². The van der Waals surface area contributed by atoms with Crippen LogP contribution in [-0.2, 0) is 11.2 Å². The number of nitro benzene ring substituents is 1. The number of aryl methyl sites for hydroxylation is 1. The summed E-state index contributed by atoms with van der Waals surface area (Å²) in [5.41, 5.74) is 1.89. The van der Waals surface area contributed by atoms with Crippen LogP contribution in [0.25, 0.3) is 0 Å². The van der Waals surface area contributed by atoms with Gasteiger partial charge in [0.2, 0.25) is 0 Å². The number of alkyl halides is 1. The van der Waals surface area contributed by atoms with Crippen LogP contribution in [0, 0.1) is 17.0 Å². The summed E-state index contributed by atoms with van der Waals surface area (Å²) in [5.74, 6) is 0. The van der Waals surface area contributed by atoms with Crippen molar-refractivity contribution in [2.75, 3.05) is 13.7 Å². The van der Waals surface area contributed by atoms with E-state index in [0.29, 0.717) is 13.0 Å². The lowest BCUT2D eigenvalue weighted by Gasteiger charge is -2.11. The summed E-state index contributed by atoms with van der Waals surface area (Å²) in [5, 5.41) is 10.9. The molecule has 16 heavy (non-hydrogen) atoms. The summed E-state index contributed by atoms with van der Waals surface area (Å²) in [6.07, 6.45) is 0.594. The van der Waals surface area contributed by atoms with Crippen LogP contribution in [0.2, 0.25) is 0 Å². The molecule has 0 aliphatic heterocycles. The Kier molecular flexibility index (Phi) is 4.89. The van der Waals surface area contributed by atoms with Crippen molar-refractivity contribution in [3.63, 3.8) is 0 Å². The first-order chi connectivity index (χ1) is 7.56. The highest BCUT2D eigenvalue weighted by Crippen LogP contribution is 2.25. The zero-order valence-corrected chi connectivity index (χ0v) is 10.9. The van der Waals surface area contributed by atoms with E-state index in [-0.39, 0.29) is 15.4 Å². The van der Waals surface area contributed by atoms with Gasteiger partial charge in [0, 0.05) is 23.6 Å². The Labute approximate surface area is 103 Å². The Morgan fingerprint density at radius 3 is 2.81 bits per heavy atom. The highest BCUT2D eigenvalue weighted by atomic mass is 79.9. The van der Waals surface area contributed by atoms with Gasteiger partial charge in [0.05, 0.1) is 11.5 Å². The highest BCUT2D eigenvalue weighted by Gasteiger charge is 2.18. The van der Waals surface area contributed by atoms with Gasteiger partial charge in [-0.3, -0.25) is 10.1 Å². The van der Waals surface area contributed by atoms with Crippen molar-refractivity contribution in [1.82, 2.24) is 0 Å². The maximum atomic E-state index is 10.9. The first-order valence-electron chi connectivity index (χ1n) is 4.92. The Morgan fingerprint density at radius 2 is 2.25 bits per heavy atom. The summed E-state index contributed by atoms with van der Waals surface area (Å²) in [6, 6.07) is 5.13. The van der Waals surface area contributed by atoms with Gasteiger partial charge in [0.15, 0.2) is 0 Å². The average molecular weight is 288 g/mol. The van der Waals surface area contributed by atoms with Crippen molar-refractivity contribution in [2.45, 2.75) is 18.2 Å². The third kappa shape index (κ3) is 3.28. The van der Waals surface area contributed by atoms with Gasteiger partial charge >= 0.3 is 0 Å². The van der Waals surface area contributed by atoms with E-state index in [9.17, 15) is 10.1 Å². The van der Waals surface area contributed by atoms with Crippen LogP contribution in [0.1, 0.15) is 11.1 Å². The average Bonchev–Trinajstić information content (AvgIpc) is 2.21. The number of benzene rings is 1. The van der Waals surface area contributed by atoms with Gasteiger partial charge < -0.3 is 4.74 Å². The van der Waals surface area contributed by atoms with Crippen molar-refractivity contribution in [3.05, 3.63) is 39.4 Å². The lowest BCUT2D eigenvalue weighted by molar-refractivity contribution is -0.385. The number of nitrogens with zero attached hydrogens (tertiary/aromatic N) is 1. The van der Waals surface area contributed by atoms with Crippen molar-refractivity contribution in [2.24, 2.45) is 0 Å². The van der Waals surface area contributed by atoms with Crippen LogP contribution >= 0.6 is 15.9 Å². The maximum absolute atomic E-state index is 10.9. The molecule has 0 aromatic heterocycles. The topological polar surface area (TPSA) is 52.4 Å². The molecule has 5 heteroatoms. The molecule has 1 rings (SSSR count). The predicted octanol–water partition coefficient (Wildman–Crippen LogP) is 2.86. The molecule has 88 valence electrons. The molecular weight excluding hydrogens is 274 g/mol. The molecule has 1 unspecified atom stereocenters. The van der Waals surface area contributed by atoms with Gasteiger partial charge in [-0.05, 0) is 18.9 Å². The fourth-order valence-corrected chi connectivity index (χ4v) is 2.17. The van der Waals surface area contributed by atoms with Crippen molar-refractivity contribution in [3.8, 4) is 0 Å². The molecule has 0 saturated heterocycles. The monoisotopic (exact) mass is 287 g/mol. The molecule has 0 fully saturated rings. The van der Waals surface area contributed by atoms with Crippen molar-refractivity contribution < 1.29 is 9.66 Å². The molecule has 1 atom stereocenters. The van der Waals surface area contributed by atoms with E-state index >= 15 is 0 Å². The molecule has 1 aromatic rings. The lowest BCUT2D eigenvalue weighted by Crippen LogP contribution is -2.12. The quantitative estimate of drug-likeness (QED) is 0.475. The second kappa shape index (κ2) is 5.96. The fraction of sp³-hybridized carbons (Fsp3) is 0.455. The van der Waals surface area contributed by atoms with Crippen LogP contribution in [0.3, 0.4) is 0 Å². The lowest BCUT2D eigenvalue weighted by atomic mass is 10.0. The number of hydrogen-bond acceptors (Lipinski definition) is 3. The number of nitro groups is 1. The van der Waals surface area contributed by atoms with E-state index in [0.717, 1.165) is 11.1 Å². The van der Waals surface area contributed by atoms with Crippen LogP contribution in [-0.4, -0.2) is 23.5 Å². The number of halogens is 1. The number of ether oxygens (including phenoxy) is 1. The number of rotatable bonds is 5. The van der Waals surface area contributed by atoms with Gasteiger partial charge in [-0.15, -0.1) is 0 Å². The molecule has 0 aliphatic carbocycles. The fourth-order valence-electron chi connectivity index (χ4n) is 1.58. The largest absolute Gasteiger partial charge is 0.384 e. The maximum Gasteiger partial charge on any atom is 0.272 e. The Balaban J connectivity index is 2.97. The summed E-state index contributed by atoms with van der Waals surface area (Å²) in [7, 11) is 1.61. The summed E-state index contributed by atoms with van der Waals surface area (Å²) in [4.78, 5) is 10.6. The molecule has 0 heterocycles. The van der Waals surface area contributed by atoms with E-state index in [1.807, 2.05) is 13.0 Å². The predicted molar refractivity (Wildman–Crippen MR) is 66.1 cm³/mol. The third-order valence-corrected chi connectivity index (χ3v) is 2.94. The van der Waals surface area contributed by atoms with E-state index in [4.69, 9.17) is 4.74 Å². The number of methoxy groups -OCH3 is 1. The van der Waals surface area contributed by atoms with Crippen LogP contribution in [0.15, 0.2) is 18.2 Å². The second-order valence-electron chi connectivity index (χ2n) is 3.59. The molecule has 0 aliphatic rings. The Bertz CT molecular complexity index is 381. The molecule has 0 radical (unpaired) electrons. The zero-order valence-electron chi connectivity index (χ0n) is 9.27. The highest BCUT2D eigenvalue weighted by molar-refractivity contribution is 9.09. The molecular formula is C11H14BrNO3. The second-order valence-corrected chi connectivity index (χ2v) is 4.88. The first-order valence-corrected chi connectivity index (χ1v) is 5.83. The van der Waals surface area contributed by atoms with Gasteiger partial charge in [-0.1, -0.05) is 28.1 Å². The van der Waals surface area contributed by atoms with E-state index in [1.165, 1.54) is 6.07 Å². The molecule has 0 N–H and O–H groups in total. The smallest absolute Gasteiger partial charge is 0.272 e. The van der Waals surface area contributed by atoms with Gasteiger partial charge in [-0.25, -0.2) is 0 Å². The minimum atomic E-state index is -0.338. The van der Waals surface area contributed by atoms with Crippen LogP contribution in [0.4, 0.5) is 5.69 Å². The van der Waals surface area contributed by atoms with Gasteiger partial charge in [0.25, 0.3) is 5.69 Å². The minimum Gasteiger partial charge on any atom is -0.384 e. The van der Waals surface area contributed by atoms with Gasteiger partial charge in [0.1, 0.15) is 0 Å². The normalized spacial score (nSPS) is 12.4. The zero-order chi connectivity index (χ0) is 12.1.